The van der Waals surface area contributed by atoms with E-state index >= 15 is 0 Å². The van der Waals surface area contributed by atoms with Crippen molar-refractivity contribution in [2.45, 2.75) is 46.0 Å². The van der Waals surface area contributed by atoms with E-state index in [1.165, 1.54) is 11.1 Å². The molecule has 0 aliphatic heterocycles. The third-order valence-electron chi connectivity index (χ3n) is 3.76. The van der Waals surface area contributed by atoms with Crippen molar-refractivity contribution in [2.24, 2.45) is 0 Å². The number of ketones is 1. The van der Waals surface area contributed by atoms with Crippen molar-refractivity contribution in [2.75, 3.05) is 0 Å². The molecule has 2 aromatic carbocycles. The Morgan fingerprint density at radius 2 is 1.62 bits per heavy atom. The molecular formula is C20H24O. The molecule has 1 nitrogen and oxygen atoms in total. The third-order valence-corrected chi connectivity index (χ3v) is 3.76. The monoisotopic (exact) mass is 280 g/mol. The van der Waals surface area contributed by atoms with Gasteiger partial charge in [-0.15, -0.1) is 0 Å². The maximum Gasteiger partial charge on any atom is 0.193 e. The smallest absolute Gasteiger partial charge is 0.193 e. The highest BCUT2D eigenvalue weighted by Crippen LogP contribution is 2.30. The van der Waals surface area contributed by atoms with Crippen LogP contribution in [0, 0.1) is 0 Å². The van der Waals surface area contributed by atoms with Crippen molar-refractivity contribution >= 4 is 5.78 Å². The standard InChI is InChI=1S/C20H24O/c1-5-10-16-17(13-9-14-18(16)20(2,3)4)19(21)15-11-7-6-8-12-15/h6-9,11-14H,5,10H2,1-4H3. The molecule has 110 valence electrons. The minimum atomic E-state index is 0.0531. The highest BCUT2D eigenvalue weighted by atomic mass is 16.1. The van der Waals surface area contributed by atoms with E-state index in [-0.39, 0.29) is 11.2 Å². The molecule has 0 radical (unpaired) electrons. The fraction of sp³-hybridized carbons (Fsp3) is 0.350. The van der Waals surface area contributed by atoms with Gasteiger partial charge in [-0.1, -0.05) is 82.6 Å². The van der Waals surface area contributed by atoms with Gasteiger partial charge in [-0.05, 0) is 23.0 Å². The predicted octanol–water partition coefficient (Wildman–Crippen LogP) is 5.17. The Morgan fingerprint density at radius 1 is 0.952 bits per heavy atom. The zero-order valence-electron chi connectivity index (χ0n) is 13.4. The van der Waals surface area contributed by atoms with E-state index in [4.69, 9.17) is 0 Å². The summed E-state index contributed by atoms with van der Waals surface area (Å²) < 4.78 is 0. The van der Waals surface area contributed by atoms with Crippen LogP contribution in [0.1, 0.15) is 61.2 Å². The number of carbonyl (C=O) groups excluding carboxylic acids is 1. The summed E-state index contributed by atoms with van der Waals surface area (Å²) in [6.45, 7) is 8.78. The van der Waals surface area contributed by atoms with Crippen molar-refractivity contribution < 1.29 is 4.79 Å². The second kappa shape index (κ2) is 6.26. The highest BCUT2D eigenvalue weighted by Gasteiger charge is 2.22. The fourth-order valence-electron chi connectivity index (χ4n) is 2.77. The van der Waals surface area contributed by atoms with E-state index < -0.39 is 0 Å². The van der Waals surface area contributed by atoms with Crippen molar-refractivity contribution in [1.82, 2.24) is 0 Å². The second-order valence-corrected chi connectivity index (χ2v) is 6.53. The van der Waals surface area contributed by atoms with Crippen molar-refractivity contribution in [3.63, 3.8) is 0 Å². The first-order valence-corrected chi connectivity index (χ1v) is 7.67. The first kappa shape index (κ1) is 15.5. The first-order chi connectivity index (χ1) is 9.95. The molecule has 0 aliphatic carbocycles. The molecule has 0 spiro atoms. The Labute approximate surface area is 128 Å². The summed E-state index contributed by atoms with van der Waals surface area (Å²) in [6, 6.07) is 15.7. The van der Waals surface area contributed by atoms with Crippen molar-refractivity contribution in [1.29, 1.82) is 0 Å². The van der Waals surface area contributed by atoms with Crippen LogP contribution in [0.4, 0.5) is 0 Å². The van der Waals surface area contributed by atoms with E-state index in [2.05, 4.69) is 33.8 Å². The van der Waals surface area contributed by atoms with Crippen LogP contribution < -0.4 is 0 Å². The van der Waals surface area contributed by atoms with Gasteiger partial charge in [-0.3, -0.25) is 4.79 Å². The maximum atomic E-state index is 12.8. The molecule has 2 rings (SSSR count). The molecule has 0 saturated heterocycles. The Morgan fingerprint density at radius 3 is 2.19 bits per heavy atom. The number of carbonyl (C=O) groups is 1. The number of benzene rings is 2. The summed E-state index contributed by atoms with van der Waals surface area (Å²) in [4.78, 5) is 12.8. The van der Waals surface area contributed by atoms with E-state index in [0.29, 0.717) is 0 Å². The Kier molecular flexibility index (Phi) is 4.62. The molecule has 2 aromatic rings. The van der Waals surface area contributed by atoms with Gasteiger partial charge in [0.2, 0.25) is 0 Å². The molecule has 21 heavy (non-hydrogen) atoms. The SMILES string of the molecule is CCCc1c(C(=O)c2ccccc2)cccc1C(C)(C)C. The van der Waals surface area contributed by atoms with Crippen molar-refractivity contribution in [3.8, 4) is 0 Å². The molecule has 0 unspecified atom stereocenters. The largest absolute Gasteiger partial charge is 0.289 e. The number of hydrogen-bond donors (Lipinski definition) is 0. The molecule has 0 bridgehead atoms. The lowest BCUT2D eigenvalue weighted by atomic mass is 9.80. The quantitative estimate of drug-likeness (QED) is 0.706. The van der Waals surface area contributed by atoms with Gasteiger partial charge in [0.15, 0.2) is 5.78 Å². The van der Waals surface area contributed by atoms with Gasteiger partial charge in [-0.2, -0.15) is 0 Å². The van der Waals surface area contributed by atoms with Gasteiger partial charge >= 0.3 is 0 Å². The molecule has 0 fully saturated rings. The zero-order valence-corrected chi connectivity index (χ0v) is 13.4. The van der Waals surface area contributed by atoms with Crippen LogP contribution in [0.5, 0.6) is 0 Å². The van der Waals surface area contributed by atoms with Crippen LogP contribution in [-0.2, 0) is 11.8 Å². The summed E-state index contributed by atoms with van der Waals surface area (Å²) in [7, 11) is 0. The molecule has 0 heterocycles. The second-order valence-electron chi connectivity index (χ2n) is 6.53. The minimum Gasteiger partial charge on any atom is -0.289 e. The Hall–Kier alpha value is -1.89. The molecule has 0 aromatic heterocycles. The topological polar surface area (TPSA) is 17.1 Å². The molecule has 0 atom stereocenters. The van der Waals surface area contributed by atoms with Crippen LogP contribution in [0.25, 0.3) is 0 Å². The lowest BCUT2D eigenvalue weighted by molar-refractivity contribution is 0.103. The normalized spacial score (nSPS) is 11.4. The Bertz CT molecular complexity index is 618. The lowest BCUT2D eigenvalue weighted by Gasteiger charge is -2.24. The number of hydrogen-bond acceptors (Lipinski definition) is 1. The van der Waals surface area contributed by atoms with E-state index in [9.17, 15) is 4.79 Å². The Balaban J connectivity index is 2.56. The van der Waals surface area contributed by atoms with Gasteiger partial charge < -0.3 is 0 Å². The molecule has 0 amide bonds. The highest BCUT2D eigenvalue weighted by molar-refractivity contribution is 6.10. The average Bonchev–Trinajstić information content (AvgIpc) is 2.47. The fourth-order valence-corrected chi connectivity index (χ4v) is 2.77. The van der Waals surface area contributed by atoms with Crippen LogP contribution in [0.2, 0.25) is 0 Å². The predicted molar refractivity (Wildman–Crippen MR) is 89.0 cm³/mol. The first-order valence-electron chi connectivity index (χ1n) is 7.67. The summed E-state index contributed by atoms with van der Waals surface area (Å²) in [5.41, 5.74) is 4.17. The van der Waals surface area contributed by atoms with Crippen LogP contribution in [0.3, 0.4) is 0 Å². The third kappa shape index (κ3) is 3.41. The molecule has 0 saturated carbocycles. The van der Waals surface area contributed by atoms with Crippen LogP contribution in [0.15, 0.2) is 48.5 Å². The van der Waals surface area contributed by atoms with Gasteiger partial charge in [-0.25, -0.2) is 0 Å². The molecule has 0 aliphatic rings. The minimum absolute atomic E-state index is 0.0531. The number of rotatable bonds is 4. The van der Waals surface area contributed by atoms with Gasteiger partial charge in [0.1, 0.15) is 0 Å². The van der Waals surface area contributed by atoms with E-state index in [1.54, 1.807) is 0 Å². The van der Waals surface area contributed by atoms with Gasteiger partial charge in [0.25, 0.3) is 0 Å². The molecule has 1 heteroatoms. The van der Waals surface area contributed by atoms with Crippen molar-refractivity contribution in [3.05, 3.63) is 70.8 Å². The molecule has 0 N–H and O–H groups in total. The molecular weight excluding hydrogens is 256 g/mol. The average molecular weight is 280 g/mol. The van der Waals surface area contributed by atoms with Gasteiger partial charge in [0, 0.05) is 11.1 Å². The van der Waals surface area contributed by atoms with Crippen LogP contribution in [-0.4, -0.2) is 5.78 Å². The summed E-state index contributed by atoms with van der Waals surface area (Å²) >= 11 is 0. The van der Waals surface area contributed by atoms with E-state index in [0.717, 1.165) is 24.0 Å². The summed E-state index contributed by atoms with van der Waals surface area (Å²) in [6.07, 6.45) is 1.99. The van der Waals surface area contributed by atoms with Crippen LogP contribution >= 0.6 is 0 Å². The van der Waals surface area contributed by atoms with E-state index in [1.807, 2.05) is 42.5 Å². The lowest BCUT2D eigenvalue weighted by Crippen LogP contribution is -2.17. The maximum absolute atomic E-state index is 12.8. The van der Waals surface area contributed by atoms with Gasteiger partial charge in [0.05, 0.1) is 0 Å². The zero-order chi connectivity index (χ0) is 15.5. The summed E-state index contributed by atoms with van der Waals surface area (Å²) in [5, 5.41) is 0. The summed E-state index contributed by atoms with van der Waals surface area (Å²) in [5.74, 6) is 0.130.